The van der Waals surface area contributed by atoms with Gasteiger partial charge in [-0.1, -0.05) is 12.8 Å². The molecule has 1 amide bonds. The monoisotopic (exact) mass is 431 g/mol. The number of pyridine rings is 2. The SMILES string of the molecule is O=C(NCC1CCCC1)c1cccnc1NCc1ccc(-c2c[nH]c3ncccc23)s1. The minimum absolute atomic E-state index is 0.0549. The van der Waals surface area contributed by atoms with Crippen molar-refractivity contribution in [3.05, 3.63) is 65.4 Å². The van der Waals surface area contributed by atoms with Crippen LogP contribution in [0.1, 0.15) is 40.9 Å². The van der Waals surface area contributed by atoms with Crippen LogP contribution >= 0.6 is 11.3 Å². The number of hydrogen-bond donors (Lipinski definition) is 3. The third-order valence-electron chi connectivity index (χ3n) is 5.89. The molecular formula is C24H25N5OS. The minimum atomic E-state index is -0.0549. The fraction of sp³-hybridized carbons (Fsp3) is 0.292. The largest absolute Gasteiger partial charge is 0.365 e. The quantitative estimate of drug-likeness (QED) is 0.375. The first-order chi connectivity index (χ1) is 15.3. The Balaban J connectivity index is 1.26. The lowest BCUT2D eigenvalue weighted by Gasteiger charge is -2.13. The van der Waals surface area contributed by atoms with Gasteiger partial charge in [-0.25, -0.2) is 9.97 Å². The summed E-state index contributed by atoms with van der Waals surface area (Å²) in [5.41, 5.74) is 2.65. The summed E-state index contributed by atoms with van der Waals surface area (Å²) >= 11 is 1.73. The number of aromatic nitrogens is 3. The van der Waals surface area contributed by atoms with Crippen LogP contribution in [0.2, 0.25) is 0 Å². The Morgan fingerprint density at radius 2 is 1.94 bits per heavy atom. The van der Waals surface area contributed by atoms with Crippen LogP contribution in [0.3, 0.4) is 0 Å². The van der Waals surface area contributed by atoms with E-state index in [4.69, 9.17) is 0 Å². The second-order valence-corrected chi connectivity index (χ2v) is 9.15. The van der Waals surface area contributed by atoms with Crippen LogP contribution in [0.5, 0.6) is 0 Å². The number of carbonyl (C=O) groups is 1. The highest BCUT2D eigenvalue weighted by Gasteiger charge is 2.18. The summed E-state index contributed by atoms with van der Waals surface area (Å²) in [6.07, 6.45) is 10.5. The van der Waals surface area contributed by atoms with Gasteiger partial charge in [0.1, 0.15) is 11.5 Å². The standard InChI is InChI=1S/C24H25N5OS/c30-24(29-13-16-5-1-2-6-16)19-8-4-12-26-23(19)27-14-17-9-10-21(31-17)20-15-28-22-18(20)7-3-11-25-22/h3-4,7-12,15-16H,1-2,5-6,13-14H2,(H,25,28)(H,26,27)(H,29,30). The molecule has 3 N–H and O–H groups in total. The van der Waals surface area contributed by atoms with E-state index in [-0.39, 0.29) is 5.91 Å². The molecule has 0 spiro atoms. The maximum atomic E-state index is 12.7. The Kier molecular flexibility index (Phi) is 5.67. The maximum Gasteiger partial charge on any atom is 0.255 e. The molecule has 158 valence electrons. The van der Waals surface area contributed by atoms with Crippen LogP contribution in [0.4, 0.5) is 5.82 Å². The van der Waals surface area contributed by atoms with Crippen molar-refractivity contribution in [1.82, 2.24) is 20.3 Å². The van der Waals surface area contributed by atoms with Crippen molar-refractivity contribution in [2.45, 2.75) is 32.2 Å². The number of hydrogen-bond acceptors (Lipinski definition) is 5. The predicted octanol–water partition coefficient (Wildman–Crippen LogP) is 5.22. The maximum absolute atomic E-state index is 12.7. The number of nitrogens with zero attached hydrogens (tertiary/aromatic N) is 2. The molecule has 6 nitrogen and oxygen atoms in total. The van der Waals surface area contributed by atoms with E-state index < -0.39 is 0 Å². The lowest BCUT2D eigenvalue weighted by Crippen LogP contribution is -2.29. The van der Waals surface area contributed by atoms with Crippen LogP contribution < -0.4 is 10.6 Å². The molecule has 1 aliphatic rings. The molecule has 0 radical (unpaired) electrons. The Morgan fingerprint density at radius 1 is 1.10 bits per heavy atom. The van der Waals surface area contributed by atoms with E-state index in [1.165, 1.54) is 35.4 Å². The summed E-state index contributed by atoms with van der Waals surface area (Å²) < 4.78 is 0. The van der Waals surface area contributed by atoms with Gasteiger partial charge in [0.25, 0.3) is 5.91 Å². The molecular weight excluding hydrogens is 406 g/mol. The first kappa shape index (κ1) is 19.8. The van der Waals surface area contributed by atoms with Crippen LogP contribution in [-0.4, -0.2) is 27.4 Å². The highest BCUT2D eigenvalue weighted by atomic mass is 32.1. The molecule has 0 bridgehead atoms. The highest BCUT2D eigenvalue weighted by Crippen LogP contribution is 2.33. The fourth-order valence-corrected chi connectivity index (χ4v) is 5.20. The van der Waals surface area contributed by atoms with Gasteiger partial charge in [-0.2, -0.15) is 0 Å². The molecule has 1 fully saturated rings. The number of aromatic amines is 1. The van der Waals surface area contributed by atoms with Crippen LogP contribution in [0.25, 0.3) is 21.5 Å². The summed E-state index contributed by atoms with van der Waals surface area (Å²) in [6.45, 7) is 1.37. The average Bonchev–Trinajstić information content (AvgIpc) is 3.57. The molecule has 4 aromatic rings. The second kappa shape index (κ2) is 8.89. The van der Waals surface area contributed by atoms with Gasteiger partial charge in [-0.3, -0.25) is 4.79 Å². The van der Waals surface area contributed by atoms with Gasteiger partial charge in [-0.15, -0.1) is 11.3 Å². The Bertz CT molecular complexity index is 1190. The molecule has 0 unspecified atom stereocenters. The van der Waals surface area contributed by atoms with Gasteiger partial charge in [-0.05, 0) is 55.2 Å². The summed E-state index contributed by atoms with van der Waals surface area (Å²) in [7, 11) is 0. The second-order valence-electron chi connectivity index (χ2n) is 7.98. The van der Waals surface area contributed by atoms with Gasteiger partial charge in [0.2, 0.25) is 0 Å². The van der Waals surface area contributed by atoms with Crippen LogP contribution in [-0.2, 0) is 6.54 Å². The van der Waals surface area contributed by atoms with E-state index in [0.29, 0.717) is 23.8 Å². The van der Waals surface area contributed by atoms with E-state index in [0.717, 1.165) is 23.1 Å². The van der Waals surface area contributed by atoms with E-state index in [9.17, 15) is 4.79 Å². The first-order valence-electron chi connectivity index (χ1n) is 10.8. The molecule has 0 atom stereocenters. The molecule has 4 aromatic heterocycles. The predicted molar refractivity (Wildman–Crippen MR) is 125 cm³/mol. The summed E-state index contributed by atoms with van der Waals surface area (Å²) in [4.78, 5) is 27.1. The van der Waals surface area contributed by atoms with Gasteiger partial charge in [0.15, 0.2) is 0 Å². The fourth-order valence-electron chi connectivity index (χ4n) is 4.22. The number of thiophene rings is 1. The van der Waals surface area contributed by atoms with Crippen molar-refractivity contribution >= 4 is 34.1 Å². The number of nitrogens with one attached hydrogen (secondary N) is 3. The minimum Gasteiger partial charge on any atom is -0.365 e. The van der Waals surface area contributed by atoms with Crippen molar-refractivity contribution in [2.24, 2.45) is 5.92 Å². The molecule has 0 aliphatic heterocycles. The summed E-state index contributed by atoms with van der Waals surface area (Å²) in [5.74, 6) is 1.18. The van der Waals surface area contributed by atoms with Crippen molar-refractivity contribution in [1.29, 1.82) is 0 Å². The van der Waals surface area contributed by atoms with E-state index in [1.807, 2.05) is 24.4 Å². The lowest BCUT2D eigenvalue weighted by atomic mass is 10.1. The van der Waals surface area contributed by atoms with Crippen molar-refractivity contribution in [3.8, 4) is 10.4 Å². The zero-order valence-corrected chi connectivity index (χ0v) is 18.0. The molecule has 4 heterocycles. The van der Waals surface area contributed by atoms with Gasteiger partial charge < -0.3 is 15.6 Å². The number of anilines is 1. The third kappa shape index (κ3) is 4.32. The number of H-pyrrole nitrogens is 1. The Morgan fingerprint density at radius 3 is 2.84 bits per heavy atom. The van der Waals surface area contributed by atoms with Crippen LogP contribution in [0, 0.1) is 5.92 Å². The third-order valence-corrected chi connectivity index (χ3v) is 7.01. The number of amides is 1. The Labute approximate surface area is 185 Å². The molecule has 7 heteroatoms. The number of fused-ring (bicyclic) bond motifs is 1. The zero-order chi connectivity index (χ0) is 21.0. The van der Waals surface area contributed by atoms with E-state index >= 15 is 0 Å². The van der Waals surface area contributed by atoms with Gasteiger partial charge in [0, 0.05) is 45.8 Å². The lowest BCUT2D eigenvalue weighted by molar-refractivity contribution is 0.0948. The molecule has 1 saturated carbocycles. The van der Waals surface area contributed by atoms with Crippen molar-refractivity contribution in [3.63, 3.8) is 0 Å². The van der Waals surface area contributed by atoms with Crippen LogP contribution in [0.15, 0.2) is 55.0 Å². The van der Waals surface area contributed by atoms with Gasteiger partial charge in [0.05, 0.1) is 12.1 Å². The summed E-state index contributed by atoms with van der Waals surface area (Å²) in [5, 5.41) is 7.57. The zero-order valence-electron chi connectivity index (χ0n) is 17.2. The number of carbonyl (C=O) groups excluding carboxylic acids is 1. The smallest absolute Gasteiger partial charge is 0.255 e. The Hall–Kier alpha value is -3.19. The van der Waals surface area contributed by atoms with Gasteiger partial charge >= 0.3 is 0 Å². The topological polar surface area (TPSA) is 82.7 Å². The van der Waals surface area contributed by atoms with Crippen molar-refractivity contribution in [2.75, 3.05) is 11.9 Å². The summed E-state index contributed by atoms with van der Waals surface area (Å²) in [6, 6.07) is 11.9. The highest BCUT2D eigenvalue weighted by molar-refractivity contribution is 7.15. The molecule has 5 rings (SSSR count). The van der Waals surface area contributed by atoms with E-state index in [2.05, 4.69) is 43.8 Å². The molecule has 31 heavy (non-hydrogen) atoms. The van der Waals surface area contributed by atoms with Crippen molar-refractivity contribution < 1.29 is 4.79 Å². The van der Waals surface area contributed by atoms with E-state index in [1.54, 1.807) is 23.7 Å². The first-order valence-corrected chi connectivity index (χ1v) is 11.6. The normalized spacial score (nSPS) is 14.2. The average molecular weight is 432 g/mol. The molecule has 1 aliphatic carbocycles. The molecule has 0 aromatic carbocycles. The molecule has 0 saturated heterocycles. The number of rotatable bonds is 7.